The molecule has 0 heterocycles. The van der Waals surface area contributed by atoms with Gasteiger partial charge in [-0.05, 0) is 53.6 Å². The zero-order valence-corrected chi connectivity index (χ0v) is 16.3. The molecule has 0 fully saturated rings. The lowest BCUT2D eigenvalue weighted by Gasteiger charge is -2.09. The molecular weight excluding hydrogens is 409 g/mol. The van der Waals surface area contributed by atoms with E-state index in [-0.39, 0.29) is 13.0 Å². The van der Waals surface area contributed by atoms with Crippen molar-refractivity contribution in [2.24, 2.45) is 0 Å². The molecule has 0 bridgehead atoms. The fraction of sp³-hybridized carbons (Fsp3) is 0.125. The SMILES string of the molecule is O=C(O)Cc1ccc(Oc2cccc(OCC=Cc3ccc(C(F)(F)F)cc3)c2)cc1. The van der Waals surface area contributed by atoms with Gasteiger partial charge >= 0.3 is 12.1 Å². The number of carboxylic acid groups (broad SMARTS) is 1. The Hall–Kier alpha value is -3.74. The summed E-state index contributed by atoms with van der Waals surface area (Å²) in [5.41, 5.74) is 0.631. The number of rotatable bonds is 8. The Morgan fingerprint density at radius 3 is 2.23 bits per heavy atom. The van der Waals surface area contributed by atoms with Crippen LogP contribution in [0.4, 0.5) is 13.2 Å². The van der Waals surface area contributed by atoms with Crippen molar-refractivity contribution in [3.8, 4) is 17.2 Å². The average Bonchev–Trinajstić information content (AvgIpc) is 2.72. The minimum absolute atomic E-state index is 0.0520. The third kappa shape index (κ3) is 6.92. The van der Waals surface area contributed by atoms with E-state index in [1.54, 1.807) is 60.7 Å². The van der Waals surface area contributed by atoms with Crippen molar-refractivity contribution >= 4 is 12.0 Å². The Morgan fingerprint density at radius 2 is 1.58 bits per heavy atom. The van der Waals surface area contributed by atoms with Gasteiger partial charge in [0.15, 0.2) is 0 Å². The van der Waals surface area contributed by atoms with Gasteiger partial charge in [0, 0.05) is 6.07 Å². The van der Waals surface area contributed by atoms with Crippen molar-refractivity contribution in [1.29, 1.82) is 0 Å². The van der Waals surface area contributed by atoms with Crippen LogP contribution in [0.2, 0.25) is 0 Å². The van der Waals surface area contributed by atoms with Gasteiger partial charge in [0.05, 0.1) is 12.0 Å². The first kappa shape index (κ1) is 22.0. The van der Waals surface area contributed by atoms with Gasteiger partial charge in [0.1, 0.15) is 23.9 Å². The third-order valence-electron chi connectivity index (χ3n) is 4.21. The van der Waals surface area contributed by atoms with E-state index in [2.05, 4.69) is 0 Å². The van der Waals surface area contributed by atoms with E-state index in [0.29, 0.717) is 28.4 Å². The molecule has 0 amide bonds. The number of hydrogen-bond donors (Lipinski definition) is 1. The highest BCUT2D eigenvalue weighted by Gasteiger charge is 2.29. The molecule has 0 saturated heterocycles. The molecule has 0 aromatic heterocycles. The van der Waals surface area contributed by atoms with Crippen molar-refractivity contribution in [2.75, 3.05) is 6.61 Å². The number of halogens is 3. The van der Waals surface area contributed by atoms with Gasteiger partial charge in [-0.25, -0.2) is 0 Å². The van der Waals surface area contributed by atoms with Crippen LogP contribution in [0.5, 0.6) is 17.2 Å². The second-order valence-corrected chi connectivity index (χ2v) is 6.62. The van der Waals surface area contributed by atoms with Gasteiger partial charge in [-0.2, -0.15) is 13.2 Å². The van der Waals surface area contributed by atoms with Crippen molar-refractivity contribution < 1.29 is 32.5 Å². The number of benzene rings is 3. The molecule has 3 aromatic carbocycles. The molecule has 3 rings (SSSR count). The predicted molar refractivity (Wildman–Crippen MR) is 110 cm³/mol. The lowest BCUT2D eigenvalue weighted by molar-refractivity contribution is -0.138. The summed E-state index contributed by atoms with van der Waals surface area (Å²) in [5.74, 6) is 0.784. The quantitative estimate of drug-likeness (QED) is 0.463. The van der Waals surface area contributed by atoms with Crippen molar-refractivity contribution in [3.63, 3.8) is 0 Å². The molecule has 7 heteroatoms. The Morgan fingerprint density at radius 1 is 0.903 bits per heavy atom. The van der Waals surface area contributed by atoms with E-state index < -0.39 is 17.7 Å². The Bertz CT molecular complexity index is 1040. The minimum atomic E-state index is -4.35. The molecule has 0 radical (unpaired) electrons. The van der Waals surface area contributed by atoms with E-state index >= 15 is 0 Å². The Balaban J connectivity index is 1.53. The summed E-state index contributed by atoms with van der Waals surface area (Å²) in [5, 5.41) is 8.80. The molecule has 31 heavy (non-hydrogen) atoms. The number of ether oxygens (including phenoxy) is 2. The highest BCUT2D eigenvalue weighted by atomic mass is 19.4. The van der Waals surface area contributed by atoms with Gasteiger partial charge in [0.2, 0.25) is 0 Å². The number of hydrogen-bond acceptors (Lipinski definition) is 3. The second-order valence-electron chi connectivity index (χ2n) is 6.62. The number of aliphatic carboxylic acids is 1. The number of alkyl halides is 3. The summed E-state index contributed by atoms with van der Waals surface area (Å²) in [6, 6.07) is 18.6. The summed E-state index contributed by atoms with van der Waals surface area (Å²) >= 11 is 0. The first-order chi connectivity index (χ1) is 14.8. The zero-order chi connectivity index (χ0) is 22.3. The third-order valence-corrected chi connectivity index (χ3v) is 4.21. The topological polar surface area (TPSA) is 55.8 Å². The molecule has 0 spiro atoms. The standard InChI is InChI=1S/C24H19F3O4/c25-24(26,27)19-10-6-17(7-11-19)3-2-14-30-21-4-1-5-22(16-21)31-20-12-8-18(9-13-20)15-23(28)29/h1-13,16H,14-15H2,(H,28,29). The van der Waals surface area contributed by atoms with E-state index in [4.69, 9.17) is 14.6 Å². The number of carbonyl (C=O) groups is 1. The lowest BCUT2D eigenvalue weighted by Crippen LogP contribution is -2.03. The molecule has 3 aromatic rings. The van der Waals surface area contributed by atoms with E-state index in [9.17, 15) is 18.0 Å². The van der Waals surface area contributed by atoms with Gasteiger partial charge in [-0.1, -0.05) is 36.4 Å². The van der Waals surface area contributed by atoms with Crippen LogP contribution in [0, 0.1) is 0 Å². The van der Waals surface area contributed by atoms with Crippen LogP contribution in [-0.4, -0.2) is 17.7 Å². The first-order valence-corrected chi connectivity index (χ1v) is 9.35. The molecule has 4 nitrogen and oxygen atoms in total. The maximum absolute atomic E-state index is 12.6. The minimum Gasteiger partial charge on any atom is -0.489 e. The van der Waals surface area contributed by atoms with Crippen LogP contribution in [-0.2, 0) is 17.4 Å². The summed E-state index contributed by atoms with van der Waals surface area (Å²) in [4.78, 5) is 10.7. The first-order valence-electron chi connectivity index (χ1n) is 9.35. The van der Waals surface area contributed by atoms with Crippen molar-refractivity contribution in [2.45, 2.75) is 12.6 Å². The molecule has 0 saturated carbocycles. The smallest absolute Gasteiger partial charge is 0.416 e. The Kier molecular flexibility index (Phi) is 6.97. The van der Waals surface area contributed by atoms with Gasteiger partial charge in [-0.3, -0.25) is 4.79 Å². The number of carboxylic acids is 1. The highest BCUT2D eigenvalue weighted by Crippen LogP contribution is 2.29. The van der Waals surface area contributed by atoms with Crippen LogP contribution < -0.4 is 9.47 Å². The molecule has 160 valence electrons. The normalized spacial score (nSPS) is 11.5. The summed E-state index contributed by atoms with van der Waals surface area (Å²) < 4.78 is 49.1. The van der Waals surface area contributed by atoms with E-state index in [1.807, 2.05) is 0 Å². The molecular formula is C24H19F3O4. The van der Waals surface area contributed by atoms with Crippen LogP contribution in [0.15, 0.2) is 78.9 Å². The fourth-order valence-electron chi connectivity index (χ4n) is 2.73. The fourth-order valence-corrected chi connectivity index (χ4v) is 2.73. The zero-order valence-electron chi connectivity index (χ0n) is 16.3. The Labute approximate surface area is 177 Å². The van der Waals surface area contributed by atoms with E-state index in [0.717, 1.165) is 12.1 Å². The molecule has 0 unspecified atom stereocenters. The van der Waals surface area contributed by atoms with Crippen LogP contribution >= 0.6 is 0 Å². The van der Waals surface area contributed by atoms with Gasteiger partial charge in [-0.15, -0.1) is 0 Å². The molecule has 0 atom stereocenters. The maximum atomic E-state index is 12.6. The van der Waals surface area contributed by atoms with Crippen molar-refractivity contribution in [1.82, 2.24) is 0 Å². The van der Waals surface area contributed by atoms with Crippen LogP contribution in [0.3, 0.4) is 0 Å². The molecule has 0 aliphatic rings. The highest BCUT2D eigenvalue weighted by molar-refractivity contribution is 5.70. The average molecular weight is 428 g/mol. The van der Waals surface area contributed by atoms with Crippen molar-refractivity contribution in [3.05, 3.63) is 95.6 Å². The van der Waals surface area contributed by atoms with Crippen LogP contribution in [0.1, 0.15) is 16.7 Å². The van der Waals surface area contributed by atoms with E-state index in [1.165, 1.54) is 12.1 Å². The maximum Gasteiger partial charge on any atom is 0.416 e. The molecule has 0 aliphatic carbocycles. The molecule has 1 N–H and O–H groups in total. The van der Waals surface area contributed by atoms with Gasteiger partial charge < -0.3 is 14.6 Å². The lowest BCUT2D eigenvalue weighted by atomic mass is 10.1. The summed E-state index contributed by atoms with van der Waals surface area (Å²) in [6.45, 7) is 0.231. The monoisotopic (exact) mass is 428 g/mol. The predicted octanol–water partition coefficient (Wildman–Crippen LogP) is 6.22. The molecule has 0 aliphatic heterocycles. The van der Waals surface area contributed by atoms with Gasteiger partial charge in [0.25, 0.3) is 0 Å². The largest absolute Gasteiger partial charge is 0.489 e. The summed E-state index contributed by atoms with van der Waals surface area (Å²) in [6.07, 6.45) is -1.01. The van der Waals surface area contributed by atoms with Crippen LogP contribution in [0.25, 0.3) is 6.08 Å². The summed E-state index contributed by atoms with van der Waals surface area (Å²) in [7, 11) is 0. The second kappa shape index (κ2) is 9.84.